The van der Waals surface area contributed by atoms with Crippen molar-refractivity contribution < 1.29 is 14.3 Å². The number of unbranched alkanes of at least 4 members (excludes halogenated alkanes) is 1. The minimum Gasteiger partial charge on any atom is -0.469 e. The van der Waals surface area contributed by atoms with Crippen LogP contribution in [0.25, 0.3) is 5.69 Å². The average Bonchev–Trinajstić information content (AvgIpc) is 3.15. The lowest BCUT2D eigenvalue weighted by Crippen LogP contribution is -2.34. The molecule has 0 aliphatic heterocycles. The molecule has 7 nitrogen and oxygen atoms in total. The number of para-hydroxylation sites is 1. The van der Waals surface area contributed by atoms with Crippen molar-refractivity contribution in [1.82, 2.24) is 19.9 Å². The third-order valence-corrected chi connectivity index (χ3v) is 3.65. The fourth-order valence-electron chi connectivity index (χ4n) is 2.33. The van der Waals surface area contributed by atoms with E-state index >= 15 is 0 Å². The van der Waals surface area contributed by atoms with Gasteiger partial charge in [-0.05, 0) is 18.6 Å². The summed E-state index contributed by atoms with van der Waals surface area (Å²) in [5, 5.41) is 8.20. The molecule has 0 N–H and O–H groups in total. The Morgan fingerprint density at radius 1 is 1.17 bits per heavy atom. The van der Waals surface area contributed by atoms with Crippen LogP contribution >= 0.6 is 0 Å². The SMILES string of the molecule is CCCCN(CCC(=O)OC)C(=O)c1ccccc1-n1nccn1. The zero-order chi connectivity index (χ0) is 17.4. The maximum absolute atomic E-state index is 13.0. The highest BCUT2D eigenvalue weighted by atomic mass is 16.5. The van der Waals surface area contributed by atoms with E-state index in [1.165, 1.54) is 11.9 Å². The number of esters is 1. The summed E-state index contributed by atoms with van der Waals surface area (Å²) in [5.41, 5.74) is 1.13. The van der Waals surface area contributed by atoms with Gasteiger partial charge in [-0.3, -0.25) is 9.59 Å². The highest BCUT2D eigenvalue weighted by molar-refractivity contribution is 5.97. The van der Waals surface area contributed by atoms with Crippen molar-refractivity contribution >= 4 is 11.9 Å². The molecule has 2 aromatic rings. The first kappa shape index (κ1) is 17.7. The first-order valence-corrected chi connectivity index (χ1v) is 7.99. The van der Waals surface area contributed by atoms with E-state index in [2.05, 4.69) is 21.9 Å². The van der Waals surface area contributed by atoms with Gasteiger partial charge < -0.3 is 9.64 Å². The Kier molecular flexibility index (Phi) is 6.48. The van der Waals surface area contributed by atoms with Gasteiger partial charge >= 0.3 is 5.97 Å². The van der Waals surface area contributed by atoms with Crippen LogP contribution in [0.15, 0.2) is 36.7 Å². The molecule has 0 unspecified atom stereocenters. The van der Waals surface area contributed by atoms with E-state index < -0.39 is 0 Å². The van der Waals surface area contributed by atoms with Gasteiger partial charge in [-0.25, -0.2) is 0 Å². The molecule has 2 rings (SSSR count). The van der Waals surface area contributed by atoms with E-state index in [0.29, 0.717) is 24.3 Å². The van der Waals surface area contributed by atoms with Gasteiger partial charge in [0.2, 0.25) is 0 Å². The van der Waals surface area contributed by atoms with Crippen LogP contribution in [0.3, 0.4) is 0 Å². The highest BCUT2D eigenvalue weighted by Gasteiger charge is 2.20. The summed E-state index contributed by atoms with van der Waals surface area (Å²) < 4.78 is 4.67. The van der Waals surface area contributed by atoms with Crippen molar-refractivity contribution in [3.8, 4) is 5.69 Å². The van der Waals surface area contributed by atoms with Gasteiger partial charge in [0.1, 0.15) is 0 Å². The number of ether oxygens (including phenoxy) is 1. The van der Waals surface area contributed by atoms with Crippen molar-refractivity contribution in [3.05, 3.63) is 42.2 Å². The second kappa shape index (κ2) is 8.81. The van der Waals surface area contributed by atoms with E-state index in [1.807, 2.05) is 6.07 Å². The Bertz CT molecular complexity index is 670. The summed E-state index contributed by atoms with van der Waals surface area (Å²) in [6, 6.07) is 7.18. The molecule has 0 radical (unpaired) electrons. The maximum atomic E-state index is 13.0. The molecular formula is C17H22N4O3. The molecule has 24 heavy (non-hydrogen) atoms. The molecule has 0 saturated heterocycles. The molecule has 0 spiro atoms. The zero-order valence-corrected chi connectivity index (χ0v) is 14.0. The van der Waals surface area contributed by atoms with Crippen LogP contribution in [0.4, 0.5) is 0 Å². The van der Waals surface area contributed by atoms with Crippen LogP contribution in [0.1, 0.15) is 36.5 Å². The number of methoxy groups -OCH3 is 1. The van der Waals surface area contributed by atoms with Crippen LogP contribution in [-0.2, 0) is 9.53 Å². The predicted octanol–water partition coefficient (Wildman–Crippen LogP) is 2.07. The predicted molar refractivity (Wildman–Crippen MR) is 88.8 cm³/mol. The van der Waals surface area contributed by atoms with E-state index in [9.17, 15) is 9.59 Å². The number of carbonyl (C=O) groups is 2. The van der Waals surface area contributed by atoms with Gasteiger partial charge in [0, 0.05) is 13.1 Å². The Hall–Kier alpha value is -2.70. The summed E-state index contributed by atoms with van der Waals surface area (Å²) in [4.78, 5) is 27.5. The Labute approximate surface area is 141 Å². The number of benzene rings is 1. The first-order chi connectivity index (χ1) is 11.7. The number of carbonyl (C=O) groups excluding carboxylic acids is 2. The quantitative estimate of drug-likeness (QED) is 0.693. The molecule has 1 amide bonds. The average molecular weight is 330 g/mol. The van der Waals surface area contributed by atoms with E-state index in [1.54, 1.807) is 35.5 Å². The molecule has 0 saturated carbocycles. The molecule has 1 heterocycles. The third kappa shape index (κ3) is 4.41. The van der Waals surface area contributed by atoms with Gasteiger partial charge in [0.05, 0.1) is 37.2 Å². The largest absolute Gasteiger partial charge is 0.469 e. The number of hydrogen-bond donors (Lipinski definition) is 0. The molecule has 0 aliphatic rings. The molecule has 128 valence electrons. The first-order valence-electron chi connectivity index (χ1n) is 7.99. The topological polar surface area (TPSA) is 77.3 Å². The Morgan fingerprint density at radius 3 is 2.54 bits per heavy atom. The minimum atomic E-state index is -0.327. The van der Waals surface area contributed by atoms with E-state index in [-0.39, 0.29) is 18.3 Å². The molecule has 0 fully saturated rings. The maximum Gasteiger partial charge on any atom is 0.307 e. The number of rotatable bonds is 8. The van der Waals surface area contributed by atoms with Crippen molar-refractivity contribution in [2.45, 2.75) is 26.2 Å². The van der Waals surface area contributed by atoms with Crippen molar-refractivity contribution in [2.75, 3.05) is 20.2 Å². The summed E-state index contributed by atoms with van der Waals surface area (Å²) in [5.74, 6) is -0.466. The van der Waals surface area contributed by atoms with Crippen LogP contribution in [0.5, 0.6) is 0 Å². The highest BCUT2D eigenvalue weighted by Crippen LogP contribution is 2.16. The third-order valence-electron chi connectivity index (χ3n) is 3.65. The number of amides is 1. The fraction of sp³-hybridized carbons (Fsp3) is 0.412. The molecular weight excluding hydrogens is 308 g/mol. The van der Waals surface area contributed by atoms with Crippen molar-refractivity contribution in [2.24, 2.45) is 0 Å². The lowest BCUT2D eigenvalue weighted by Gasteiger charge is -2.23. The molecule has 0 aliphatic carbocycles. The lowest BCUT2D eigenvalue weighted by molar-refractivity contribution is -0.140. The number of aromatic nitrogens is 3. The van der Waals surface area contributed by atoms with E-state index in [4.69, 9.17) is 0 Å². The van der Waals surface area contributed by atoms with Crippen LogP contribution in [0.2, 0.25) is 0 Å². The summed E-state index contributed by atoms with van der Waals surface area (Å²) in [7, 11) is 1.35. The smallest absolute Gasteiger partial charge is 0.307 e. The van der Waals surface area contributed by atoms with Crippen molar-refractivity contribution in [1.29, 1.82) is 0 Å². The standard InChI is InChI=1S/C17H22N4O3/c1-3-4-12-20(13-9-16(22)24-2)17(23)14-7-5-6-8-15(14)21-18-10-11-19-21/h5-8,10-11H,3-4,9,12-13H2,1-2H3. The number of nitrogens with zero attached hydrogens (tertiary/aromatic N) is 4. The molecule has 0 bridgehead atoms. The van der Waals surface area contributed by atoms with Crippen molar-refractivity contribution in [3.63, 3.8) is 0 Å². The second-order valence-corrected chi connectivity index (χ2v) is 5.31. The summed E-state index contributed by atoms with van der Waals surface area (Å²) in [6.07, 6.45) is 5.13. The van der Waals surface area contributed by atoms with Crippen LogP contribution in [-0.4, -0.2) is 52.0 Å². The monoisotopic (exact) mass is 330 g/mol. The van der Waals surface area contributed by atoms with Crippen LogP contribution in [0, 0.1) is 0 Å². The van der Waals surface area contributed by atoms with Crippen LogP contribution < -0.4 is 0 Å². The number of hydrogen-bond acceptors (Lipinski definition) is 5. The van der Waals surface area contributed by atoms with Gasteiger partial charge in [-0.2, -0.15) is 15.0 Å². The van der Waals surface area contributed by atoms with E-state index in [0.717, 1.165) is 12.8 Å². The Morgan fingerprint density at radius 2 is 1.88 bits per heavy atom. The van der Waals surface area contributed by atoms with Gasteiger partial charge in [-0.1, -0.05) is 25.5 Å². The summed E-state index contributed by atoms with van der Waals surface area (Å²) >= 11 is 0. The lowest BCUT2D eigenvalue weighted by atomic mass is 10.1. The minimum absolute atomic E-state index is 0.139. The molecule has 1 aromatic heterocycles. The zero-order valence-electron chi connectivity index (χ0n) is 14.0. The van der Waals surface area contributed by atoms with Gasteiger partial charge in [0.15, 0.2) is 0 Å². The van der Waals surface area contributed by atoms with Gasteiger partial charge in [-0.15, -0.1) is 0 Å². The fourth-order valence-corrected chi connectivity index (χ4v) is 2.33. The molecule has 0 atom stereocenters. The Balaban J connectivity index is 2.24. The summed E-state index contributed by atoms with van der Waals surface area (Å²) in [6.45, 7) is 2.98. The molecule has 1 aromatic carbocycles. The second-order valence-electron chi connectivity index (χ2n) is 5.31. The molecule has 7 heteroatoms. The normalized spacial score (nSPS) is 10.4. The van der Waals surface area contributed by atoms with Gasteiger partial charge in [0.25, 0.3) is 5.91 Å².